The summed E-state index contributed by atoms with van der Waals surface area (Å²) in [6.07, 6.45) is 24.2. The van der Waals surface area contributed by atoms with Crippen molar-refractivity contribution >= 4 is 0 Å². The van der Waals surface area contributed by atoms with Crippen molar-refractivity contribution in [1.82, 2.24) is 0 Å². The van der Waals surface area contributed by atoms with Gasteiger partial charge in [-0.2, -0.15) is 5.26 Å². The summed E-state index contributed by atoms with van der Waals surface area (Å²) in [5, 5.41) is 8.38. The minimum Gasteiger partial charge on any atom is -0.198 e. The highest BCUT2D eigenvalue weighted by molar-refractivity contribution is 4.90. The molecule has 1 nitrogen and oxygen atoms in total. The van der Waals surface area contributed by atoms with E-state index in [-0.39, 0.29) is 0 Å². The molecule has 0 aromatic carbocycles. The Morgan fingerprint density at radius 2 is 1.10 bits per heavy atom. The fraction of sp³-hybridized carbons (Fsp3) is 0.842. The van der Waals surface area contributed by atoms with Gasteiger partial charge < -0.3 is 0 Å². The van der Waals surface area contributed by atoms with Crippen LogP contribution in [0.5, 0.6) is 0 Å². The van der Waals surface area contributed by atoms with Gasteiger partial charge >= 0.3 is 0 Å². The van der Waals surface area contributed by atoms with E-state index in [1.54, 1.807) is 0 Å². The zero-order chi connectivity index (χ0) is 14.7. The molecule has 1 heteroatoms. The molecule has 0 radical (unpaired) electrons. The lowest BCUT2D eigenvalue weighted by atomic mass is 10.0. The van der Waals surface area contributed by atoms with Crippen molar-refractivity contribution in [3.05, 3.63) is 12.2 Å². The number of nitriles is 1. The van der Waals surface area contributed by atoms with Crippen LogP contribution in [0, 0.1) is 11.3 Å². The van der Waals surface area contributed by atoms with Gasteiger partial charge in [0.25, 0.3) is 0 Å². The lowest BCUT2D eigenvalue weighted by Gasteiger charge is -2.02. The van der Waals surface area contributed by atoms with Gasteiger partial charge in [-0.3, -0.25) is 0 Å². The van der Waals surface area contributed by atoms with E-state index in [9.17, 15) is 0 Å². The highest BCUT2D eigenvalue weighted by atomic mass is 14.2. The molecular weight excluding hydrogens is 242 g/mol. The zero-order valence-electron chi connectivity index (χ0n) is 13.7. The highest BCUT2D eigenvalue weighted by Gasteiger charge is 1.93. The molecular formula is C19H35N. The molecule has 0 unspecified atom stereocenters. The fourth-order valence-electron chi connectivity index (χ4n) is 2.53. The van der Waals surface area contributed by atoms with Gasteiger partial charge in [-0.25, -0.2) is 0 Å². The molecule has 0 heterocycles. The first-order valence-corrected chi connectivity index (χ1v) is 8.93. The molecule has 0 rings (SSSR count). The van der Waals surface area contributed by atoms with Crippen LogP contribution in [-0.4, -0.2) is 0 Å². The largest absolute Gasteiger partial charge is 0.198 e. The average Bonchev–Trinajstić information content (AvgIpc) is 2.47. The van der Waals surface area contributed by atoms with E-state index in [2.05, 4.69) is 19.1 Å². The second-order valence-corrected chi connectivity index (χ2v) is 5.86. The number of hydrogen-bond acceptors (Lipinski definition) is 1. The highest BCUT2D eigenvalue weighted by Crippen LogP contribution is 2.12. The van der Waals surface area contributed by atoms with E-state index in [4.69, 9.17) is 5.26 Å². The third kappa shape index (κ3) is 17.2. The summed E-state index contributed by atoms with van der Waals surface area (Å²) < 4.78 is 0. The van der Waals surface area contributed by atoms with Gasteiger partial charge in [0, 0.05) is 0 Å². The standard InChI is InChI=1S/C19H35N/c1-2-3-4-5-6-7-8-9-10-11-12-13-14-15-16-17-18-19-20/h16-17H,2-15,18H2,1H3. The van der Waals surface area contributed by atoms with Crippen molar-refractivity contribution < 1.29 is 0 Å². The normalized spacial score (nSPS) is 11.0. The van der Waals surface area contributed by atoms with Crippen LogP contribution in [0.3, 0.4) is 0 Å². The summed E-state index contributed by atoms with van der Waals surface area (Å²) >= 11 is 0. The Balaban J connectivity index is 2.98. The van der Waals surface area contributed by atoms with Crippen LogP contribution in [0.2, 0.25) is 0 Å². The third-order valence-corrected chi connectivity index (χ3v) is 3.85. The van der Waals surface area contributed by atoms with Crippen LogP contribution in [0.15, 0.2) is 12.2 Å². The smallest absolute Gasteiger partial charge is 0.0663 e. The van der Waals surface area contributed by atoms with Gasteiger partial charge in [0.15, 0.2) is 0 Å². The van der Waals surface area contributed by atoms with Crippen molar-refractivity contribution in [2.45, 2.75) is 103 Å². The van der Waals surface area contributed by atoms with Crippen LogP contribution in [0.4, 0.5) is 0 Å². The molecule has 20 heavy (non-hydrogen) atoms. The van der Waals surface area contributed by atoms with E-state index in [0.717, 1.165) is 6.42 Å². The molecule has 0 aromatic heterocycles. The summed E-state index contributed by atoms with van der Waals surface area (Å²) in [4.78, 5) is 0. The van der Waals surface area contributed by atoms with Crippen molar-refractivity contribution in [3.8, 4) is 6.07 Å². The Morgan fingerprint density at radius 1 is 0.650 bits per heavy atom. The maximum Gasteiger partial charge on any atom is 0.0663 e. The number of hydrogen-bond donors (Lipinski definition) is 0. The first-order valence-electron chi connectivity index (χ1n) is 8.93. The van der Waals surface area contributed by atoms with Gasteiger partial charge in [-0.15, -0.1) is 0 Å². The molecule has 0 aliphatic carbocycles. The maximum absolute atomic E-state index is 8.38. The Morgan fingerprint density at radius 3 is 1.55 bits per heavy atom. The quantitative estimate of drug-likeness (QED) is 0.235. The van der Waals surface area contributed by atoms with Crippen LogP contribution >= 0.6 is 0 Å². The molecule has 0 aliphatic heterocycles. The molecule has 0 amide bonds. The van der Waals surface area contributed by atoms with E-state index in [1.165, 1.54) is 83.5 Å². The van der Waals surface area contributed by atoms with Crippen LogP contribution in [0.25, 0.3) is 0 Å². The second-order valence-electron chi connectivity index (χ2n) is 5.86. The third-order valence-electron chi connectivity index (χ3n) is 3.85. The minimum atomic E-state index is 0.568. The Kier molecular flexibility index (Phi) is 17.5. The summed E-state index contributed by atoms with van der Waals surface area (Å²) in [6.45, 7) is 2.28. The zero-order valence-corrected chi connectivity index (χ0v) is 13.7. The van der Waals surface area contributed by atoms with Crippen LogP contribution < -0.4 is 0 Å². The van der Waals surface area contributed by atoms with E-state index >= 15 is 0 Å². The summed E-state index contributed by atoms with van der Waals surface area (Å²) in [7, 11) is 0. The molecule has 0 atom stereocenters. The number of rotatable bonds is 15. The van der Waals surface area contributed by atoms with Crippen LogP contribution in [-0.2, 0) is 0 Å². The molecule has 116 valence electrons. The van der Waals surface area contributed by atoms with Gasteiger partial charge in [0.05, 0.1) is 12.5 Å². The number of allylic oxidation sites excluding steroid dienone is 2. The number of nitrogens with zero attached hydrogens (tertiary/aromatic N) is 1. The lowest BCUT2D eigenvalue weighted by molar-refractivity contribution is 0.540. The minimum absolute atomic E-state index is 0.568. The molecule has 0 spiro atoms. The molecule has 0 bridgehead atoms. The van der Waals surface area contributed by atoms with Crippen LogP contribution in [0.1, 0.15) is 103 Å². The topological polar surface area (TPSA) is 23.8 Å². The molecule has 0 saturated heterocycles. The Labute approximate surface area is 127 Å². The van der Waals surface area contributed by atoms with Crippen molar-refractivity contribution in [2.24, 2.45) is 0 Å². The number of unbranched alkanes of at least 4 members (excludes halogenated alkanes) is 13. The summed E-state index contributed by atoms with van der Waals surface area (Å²) in [6, 6.07) is 2.13. The fourth-order valence-corrected chi connectivity index (χ4v) is 2.53. The van der Waals surface area contributed by atoms with E-state index in [1.807, 2.05) is 6.08 Å². The lowest BCUT2D eigenvalue weighted by Crippen LogP contribution is -1.82. The van der Waals surface area contributed by atoms with Gasteiger partial charge in [0.2, 0.25) is 0 Å². The second kappa shape index (κ2) is 18.2. The molecule has 0 aliphatic rings. The predicted octanol–water partition coefficient (Wildman–Crippen LogP) is 6.94. The van der Waals surface area contributed by atoms with Crippen molar-refractivity contribution in [3.63, 3.8) is 0 Å². The SMILES string of the molecule is CCCCCCCCCCCCCCCC=CCC#N. The molecule has 0 N–H and O–H groups in total. The van der Waals surface area contributed by atoms with Gasteiger partial charge in [0.1, 0.15) is 0 Å². The first-order chi connectivity index (χ1) is 9.91. The van der Waals surface area contributed by atoms with Gasteiger partial charge in [-0.05, 0) is 12.8 Å². The molecule has 0 aromatic rings. The molecule has 0 saturated carbocycles. The first kappa shape index (κ1) is 19.2. The van der Waals surface area contributed by atoms with E-state index < -0.39 is 0 Å². The predicted molar refractivity (Wildman–Crippen MR) is 89.7 cm³/mol. The maximum atomic E-state index is 8.38. The Hall–Kier alpha value is -0.770. The average molecular weight is 277 g/mol. The molecule has 0 fully saturated rings. The Bertz CT molecular complexity index is 237. The van der Waals surface area contributed by atoms with Gasteiger partial charge in [-0.1, -0.05) is 96.1 Å². The van der Waals surface area contributed by atoms with Crippen molar-refractivity contribution in [1.29, 1.82) is 5.26 Å². The van der Waals surface area contributed by atoms with Crippen molar-refractivity contribution in [2.75, 3.05) is 0 Å². The summed E-state index contributed by atoms with van der Waals surface area (Å²) in [5.74, 6) is 0. The van der Waals surface area contributed by atoms with E-state index in [0.29, 0.717) is 6.42 Å². The monoisotopic (exact) mass is 277 g/mol. The summed E-state index contributed by atoms with van der Waals surface area (Å²) in [5.41, 5.74) is 0.